The molecule has 0 fully saturated rings. The fourth-order valence-corrected chi connectivity index (χ4v) is 3.81. The van der Waals surface area contributed by atoms with Crippen LogP contribution in [0.1, 0.15) is 46.1 Å². The van der Waals surface area contributed by atoms with E-state index in [2.05, 4.69) is 16.0 Å². The molecule has 0 aliphatic carbocycles. The summed E-state index contributed by atoms with van der Waals surface area (Å²) in [5.41, 5.74) is 6.76. The highest BCUT2D eigenvalue weighted by Crippen LogP contribution is 2.12. The van der Waals surface area contributed by atoms with Crippen molar-refractivity contribution in [1.82, 2.24) is 16.0 Å². The van der Waals surface area contributed by atoms with Crippen molar-refractivity contribution < 1.29 is 24.3 Å². The number of hydrogen-bond donors (Lipinski definition) is 5. The lowest BCUT2D eigenvalue weighted by Gasteiger charge is -2.28. The smallest absolute Gasteiger partial charge is 0.326 e. The molecule has 6 N–H and O–H groups in total. The molecule has 1 aromatic carbocycles. The summed E-state index contributed by atoms with van der Waals surface area (Å²) in [6.07, 6.45) is 2.89. The van der Waals surface area contributed by atoms with Gasteiger partial charge in [-0.05, 0) is 35.8 Å². The van der Waals surface area contributed by atoms with E-state index in [1.54, 1.807) is 0 Å². The van der Waals surface area contributed by atoms with Crippen LogP contribution in [-0.4, -0.2) is 65.0 Å². The number of carbonyl (C=O) groups is 4. The molecule has 0 saturated carbocycles. The van der Waals surface area contributed by atoms with Crippen LogP contribution >= 0.6 is 11.8 Å². The van der Waals surface area contributed by atoms with E-state index in [0.717, 1.165) is 5.56 Å². The molecule has 0 heterocycles. The maximum atomic E-state index is 13.3. The van der Waals surface area contributed by atoms with E-state index in [-0.39, 0.29) is 24.7 Å². The summed E-state index contributed by atoms with van der Waals surface area (Å²) >= 11 is 1.48. The normalized spacial score (nSPS) is 15.4. The SMILES string of the molecule is CCC(C)C(NC(=O)C(N)C(C)C)C(=O)NC(Cc1ccccc1)C(=O)NC(CCSC)C(=O)O. The first-order valence-corrected chi connectivity index (χ1v) is 13.3. The Bertz CT molecular complexity index is 836. The van der Waals surface area contributed by atoms with E-state index >= 15 is 0 Å². The third-order valence-electron chi connectivity index (χ3n) is 5.96. The first kappa shape index (κ1) is 30.4. The molecule has 35 heavy (non-hydrogen) atoms. The van der Waals surface area contributed by atoms with Crippen LogP contribution in [0.25, 0.3) is 0 Å². The summed E-state index contributed by atoms with van der Waals surface area (Å²) in [5.74, 6) is -2.45. The summed E-state index contributed by atoms with van der Waals surface area (Å²) in [7, 11) is 0. The van der Waals surface area contributed by atoms with Gasteiger partial charge in [-0.3, -0.25) is 14.4 Å². The van der Waals surface area contributed by atoms with E-state index in [9.17, 15) is 24.3 Å². The number of hydrogen-bond acceptors (Lipinski definition) is 6. The average Bonchev–Trinajstić information content (AvgIpc) is 2.83. The molecule has 1 rings (SSSR count). The van der Waals surface area contributed by atoms with Gasteiger partial charge in [-0.2, -0.15) is 11.8 Å². The van der Waals surface area contributed by atoms with Gasteiger partial charge in [0.1, 0.15) is 18.1 Å². The number of carbonyl (C=O) groups excluding carboxylic acids is 3. The minimum absolute atomic E-state index is 0.110. The molecular weight excluding hydrogens is 468 g/mol. The molecule has 196 valence electrons. The molecule has 0 aliphatic heterocycles. The average molecular weight is 509 g/mol. The number of thioether (sulfide) groups is 1. The highest BCUT2D eigenvalue weighted by atomic mass is 32.2. The zero-order valence-corrected chi connectivity index (χ0v) is 22.1. The Morgan fingerprint density at radius 2 is 1.54 bits per heavy atom. The Morgan fingerprint density at radius 1 is 0.943 bits per heavy atom. The number of rotatable bonds is 15. The van der Waals surface area contributed by atoms with Gasteiger partial charge in [-0.15, -0.1) is 0 Å². The van der Waals surface area contributed by atoms with E-state index in [1.807, 2.05) is 64.3 Å². The van der Waals surface area contributed by atoms with E-state index < -0.39 is 47.9 Å². The molecule has 10 heteroatoms. The van der Waals surface area contributed by atoms with Crippen molar-refractivity contribution in [3.8, 4) is 0 Å². The van der Waals surface area contributed by atoms with Crippen LogP contribution < -0.4 is 21.7 Å². The van der Waals surface area contributed by atoms with Crippen molar-refractivity contribution in [2.75, 3.05) is 12.0 Å². The fourth-order valence-electron chi connectivity index (χ4n) is 3.34. The second-order valence-electron chi connectivity index (χ2n) is 9.07. The standard InChI is InChI=1S/C25H40N4O5S/c1-6-16(4)21(29-23(31)20(26)15(2)3)24(32)28-19(14-17-10-8-7-9-11-17)22(30)27-18(25(33)34)12-13-35-5/h7-11,15-16,18-21H,6,12-14,26H2,1-5H3,(H,27,30)(H,28,32)(H,29,31)(H,33,34). The Kier molecular flexibility index (Phi) is 13.4. The first-order valence-electron chi connectivity index (χ1n) is 11.9. The third kappa shape index (κ3) is 10.3. The van der Waals surface area contributed by atoms with Gasteiger partial charge in [0.2, 0.25) is 17.7 Å². The Labute approximate surface area is 212 Å². The maximum absolute atomic E-state index is 13.3. The number of aliphatic carboxylic acids is 1. The van der Waals surface area contributed by atoms with Crippen molar-refractivity contribution in [3.63, 3.8) is 0 Å². The summed E-state index contributed by atoms with van der Waals surface area (Å²) in [4.78, 5) is 50.7. The van der Waals surface area contributed by atoms with Gasteiger partial charge >= 0.3 is 5.97 Å². The Balaban J connectivity index is 3.13. The second-order valence-corrected chi connectivity index (χ2v) is 10.1. The van der Waals surface area contributed by atoms with Crippen molar-refractivity contribution in [3.05, 3.63) is 35.9 Å². The summed E-state index contributed by atoms with van der Waals surface area (Å²) in [6.45, 7) is 7.37. The van der Waals surface area contributed by atoms with Gasteiger partial charge in [0.15, 0.2) is 0 Å². The molecule has 1 aromatic rings. The number of amides is 3. The summed E-state index contributed by atoms with van der Waals surface area (Å²) < 4.78 is 0. The highest BCUT2D eigenvalue weighted by Gasteiger charge is 2.32. The van der Waals surface area contributed by atoms with Crippen LogP contribution in [0.4, 0.5) is 0 Å². The summed E-state index contributed by atoms with van der Waals surface area (Å²) in [5, 5.41) is 17.6. The van der Waals surface area contributed by atoms with Gasteiger partial charge in [-0.1, -0.05) is 64.4 Å². The molecule has 9 nitrogen and oxygen atoms in total. The number of carboxylic acid groups (broad SMARTS) is 1. The van der Waals surface area contributed by atoms with Gasteiger partial charge in [0, 0.05) is 6.42 Å². The first-order chi connectivity index (χ1) is 16.5. The molecule has 0 spiro atoms. The number of nitrogens with one attached hydrogen (secondary N) is 3. The Morgan fingerprint density at radius 3 is 2.06 bits per heavy atom. The maximum Gasteiger partial charge on any atom is 0.326 e. The minimum Gasteiger partial charge on any atom is -0.480 e. The minimum atomic E-state index is -1.13. The van der Waals surface area contributed by atoms with Crippen molar-refractivity contribution >= 4 is 35.5 Å². The zero-order chi connectivity index (χ0) is 26.5. The van der Waals surface area contributed by atoms with Gasteiger partial charge in [-0.25, -0.2) is 4.79 Å². The number of carboxylic acids is 1. The van der Waals surface area contributed by atoms with Crippen LogP contribution in [0.3, 0.4) is 0 Å². The van der Waals surface area contributed by atoms with Gasteiger partial charge in [0.25, 0.3) is 0 Å². The lowest BCUT2D eigenvalue weighted by Crippen LogP contribution is -2.59. The zero-order valence-electron chi connectivity index (χ0n) is 21.2. The molecule has 5 atom stereocenters. The quantitative estimate of drug-likeness (QED) is 0.241. The van der Waals surface area contributed by atoms with E-state index in [0.29, 0.717) is 12.2 Å². The molecule has 3 amide bonds. The van der Waals surface area contributed by atoms with Gasteiger partial charge in [0.05, 0.1) is 6.04 Å². The Hall–Kier alpha value is -2.59. The van der Waals surface area contributed by atoms with Crippen molar-refractivity contribution in [2.24, 2.45) is 17.6 Å². The number of nitrogens with two attached hydrogens (primary N) is 1. The van der Waals surface area contributed by atoms with Crippen LogP contribution in [-0.2, 0) is 25.6 Å². The molecule has 0 radical (unpaired) electrons. The van der Waals surface area contributed by atoms with E-state index in [4.69, 9.17) is 5.73 Å². The topological polar surface area (TPSA) is 151 Å². The summed E-state index contributed by atoms with van der Waals surface area (Å²) in [6, 6.07) is 5.37. The molecular formula is C25H40N4O5S. The van der Waals surface area contributed by atoms with Crippen molar-refractivity contribution in [2.45, 2.75) is 71.1 Å². The highest BCUT2D eigenvalue weighted by molar-refractivity contribution is 7.98. The fraction of sp³-hybridized carbons (Fsp3) is 0.600. The van der Waals surface area contributed by atoms with Crippen LogP contribution in [0.2, 0.25) is 0 Å². The number of benzene rings is 1. The largest absolute Gasteiger partial charge is 0.480 e. The van der Waals surface area contributed by atoms with Crippen LogP contribution in [0.15, 0.2) is 30.3 Å². The van der Waals surface area contributed by atoms with Crippen LogP contribution in [0.5, 0.6) is 0 Å². The van der Waals surface area contributed by atoms with Gasteiger partial charge < -0.3 is 26.8 Å². The molecule has 0 aromatic heterocycles. The molecule has 0 saturated heterocycles. The van der Waals surface area contributed by atoms with Crippen LogP contribution in [0, 0.1) is 11.8 Å². The monoisotopic (exact) mass is 508 g/mol. The van der Waals surface area contributed by atoms with E-state index in [1.165, 1.54) is 11.8 Å². The molecule has 0 aliphatic rings. The predicted molar refractivity (Wildman–Crippen MR) is 139 cm³/mol. The lowest BCUT2D eigenvalue weighted by atomic mass is 9.96. The second kappa shape index (κ2) is 15.4. The predicted octanol–water partition coefficient (Wildman–Crippen LogP) is 1.55. The molecule has 0 bridgehead atoms. The third-order valence-corrected chi connectivity index (χ3v) is 6.60. The molecule has 5 unspecified atom stereocenters. The van der Waals surface area contributed by atoms with Crippen molar-refractivity contribution in [1.29, 1.82) is 0 Å². The lowest BCUT2D eigenvalue weighted by molar-refractivity contribution is -0.142.